The van der Waals surface area contributed by atoms with Crippen molar-refractivity contribution < 1.29 is 9.84 Å². The van der Waals surface area contributed by atoms with E-state index in [1.807, 2.05) is 0 Å². The van der Waals surface area contributed by atoms with Gasteiger partial charge < -0.3 is 21.3 Å². The van der Waals surface area contributed by atoms with E-state index in [-0.39, 0.29) is 11.6 Å². The van der Waals surface area contributed by atoms with Gasteiger partial charge in [-0.15, -0.1) is 0 Å². The number of phenolic OH excluding ortho intramolecular Hbond substituents is 1. The average molecular weight is 231 g/mol. The van der Waals surface area contributed by atoms with E-state index in [2.05, 4.69) is 4.98 Å². The molecule has 88 valence electrons. The number of ether oxygens (including phenoxy) is 1. The minimum absolute atomic E-state index is 0.110. The number of phenols is 1. The molecule has 2 rings (SSSR count). The van der Waals surface area contributed by atoms with E-state index >= 15 is 0 Å². The van der Waals surface area contributed by atoms with Crippen molar-refractivity contribution in [3.63, 3.8) is 0 Å². The van der Waals surface area contributed by atoms with E-state index < -0.39 is 0 Å². The fourth-order valence-electron chi connectivity index (χ4n) is 1.58. The standard InChI is InChI=1S/C12H13N3O2/c1-17-12-9(14)6-8(13)11(15-12)7-4-2-3-5-10(7)16/h2-6,16H,13-14H2,1H3. The normalized spacial score (nSPS) is 10.2. The SMILES string of the molecule is COc1nc(-c2ccccc2O)c(N)cc1N. The zero-order valence-electron chi connectivity index (χ0n) is 9.34. The highest BCUT2D eigenvalue weighted by atomic mass is 16.5. The molecule has 1 aromatic heterocycles. The van der Waals surface area contributed by atoms with Crippen LogP contribution in [-0.4, -0.2) is 17.2 Å². The van der Waals surface area contributed by atoms with Crippen molar-refractivity contribution in [1.82, 2.24) is 4.98 Å². The van der Waals surface area contributed by atoms with Gasteiger partial charge >= 0.3 is 0 Å². The van der Waals surface area contributed by atoms with Crippen molar-refractivity contribution in [1.29, 1.82) is 0 Å². The Morgan fingerprint density at radius 1 is 1.18 bits per heavy atom. The second-order valence-electron chi connectivity index (χ2n) is 3.54. The molecule has 0 aliphatic heterocycles. The molecule has 0 bridgehead atoms. The molecule has 1 heterocycles. The smallest absolute Gasteiger partial charge is 0.237 e. The van der Waals surface area contributed by atoms with Crippen molar-refractivity contribution in [2.24, 2.45) is 0 Å². The van der Waals surface area contributed by atoms with Gasteiger partial charge in [0.05, 0.1) is 18.5 Å². The number of rotatable bonds is 2. The van der Waals surface area contributed by atoms with Crippen LogP contribution in [0.15, 0.2) is 30.3 Å². The van der Waals surface area contributed by atoms with E-state index in [4.69, 9.17) is 16.2 Å². The zero-order valence-corrected chi connectivity index (χ0v) is 9.34. The lowest BCUT2D eigenvalue weighted by Gasteiger charge is -2.10. The topological polar surface area (TPSA) is 94.4 Å². The first-order chi connectivity index (χ1) is 8.13. The number of hydrogen-bond donors (Lipinski definition) is 3. The third-order valence-corrected chi connectivity index (χ3v) is 2.40. The fraction of sp³-hybridized carbons (Fsp3) is 0.0833. The largest absolute Gasteiger partial charge is 0.507 e. The number of para-hydroxylation sites is 1. The summed E-state index contributed by atoms with van der Waals surface area (Å²) in [7, 11) is 1.48. The third-order valence-electron chi connectivity index (χ3n) is 2.40. The van der Waals surface area contributed by atoms with Crippen LogP contribution in [0.1, 0.15) is 0 Å². The van der Waals surface area contributed by atoms with Gasteiger partial charge in [-0.1, -0.05) is 12.1 Å². The first kappa shape index (κ1) is 11.1. The molecule has 0 aliphatic rings. The van der Waals surface area contributed by atoms with Gasteiger partial charge in [0, 0.05) is 5.56 Å². The molecule has 1 aromatic carbocycles. The first-order valence-corrected chi connectivity index (χ1v) is 5.02. The Morgan fingerprint density at radius 3 is 2.53 bits per heavy atom. The van der Waals surface area contributed by atoms with Crippen LogP contribution in [0.25, 0.3) is 11.3 Å². The molecule has 5 nitrogen and oxygen atoms in total. The summed E-state index contributed by atoms with van der Waals surface area (Å²) >= 11 is 0. The molecule has 0 unspecified atom stereocenters. The van der Waals surface area contributed by atoms with Crippen molar-refractivity contribution in [3.05, 3.63) is 30.3 Å². The van der Waals surface area contributed by atoms with Crippen LogP contribution in [0.2, 0.25) is 0 Å². The lowest BCUT2D eigenvalue weighted by Crippen LogP contribution is -2.01. The van der Waals surface area contributed by atoms with Gasteiger partial charge in [-0.25, -0.2) is 4.98 Å². The number of pyridine rings is 1. The minimum Gasteiger partial charge on any atom is -0.507 e. The second kappa shape index (κ2) is 4.21. The lowest BCUT2D eigenvalue weighted by atomic mass is 10.1. The molecule has 0 amide bonds. The molecular formula is C12H13N3O2. The molecule has 0 spiro atoms. The highest BCUT2D eigenvalue weighted by molar-refractivity contribution is 5.80. The average Bonchev–Trinajstić information content (AvgIpc) is 2.31. The molecule has 0 aliphatic carbocycles. The maximum Gasteiger partial charge on any atom is 0.237 e. The van der Waals surface area contributed by atoms with Crippen molar-refractivity contribution in [3.8, 4) is 22.9 Å². The van der Waals surface area contributed by atoms with Gasteiger partial charge in [-0.05, 0) is 18.2 Å². The lowest BCUT2D eigenvalue weighted by molar-refractivity contribution is 0.401. The van der Waals surface area contributed by atoms with Crippen LogP contribution < -0.4 is 16.2 Å². The van der Waals surface area contributed by atoms with Crippen molar-refractivity contribution in [2.75, 3.05) is 18.6 Å². The Balaban J connectivity index is 2.64. The van der Waals surface area contributed by atoms with Gasteiger partial charge in [0.25, 0.3) is 0 Å². The maximum absolute atomic E-state index is 9.75. The van der Waals surface area contributed by atoms with Crippen LogP contribution in [0.5, 0.6) is 11.6 Å². The number of nitrogens with zero attached hydrogens (tertiary/aromatic N) is 1. The highest BCUT2D eigenvalue weighted by Crippen LogP contribution is 2.34. The molecule has 17 heavy (non-hydrogen) atoms. The molecule has 5 heteroatoms. The molecular weight excluding hydrogens is 218 g/mol. The van der Waals surface area contributed by atoms with Crippen LogP contribution in [0, 0.1) is 0 Å². The Hall–Kier alpha value is -2.43. The van der Waals surface area contributed by atoms with Crippen molar-refractivity contribution >= 4 is 11.4 Å². The number of nitrogens with two attached hydrogens (primary N) is 2. The van der Waals surface area contributed by atoms with E-state index in [0.717, 1.165) is 0 Å². The number of aromatic nitrogens is 1. The Labute approximate surface area is 98.7 Å². The predicted octanol–water partition coefficient (Wildman–Crippen LogP) is 1.63. The molecule has 0 atom stereocenters. The van der Waals surface area contributed by atoms with Gasteiger partial charge in [-0.3, -0.25) is 0 Å². The Bertz CT molecular complexity index is 555. The molecule has 2 aromatic rings. The summed E-state index contributed by atoms with van der Waals surface area (Å²) in [6.45, 7) is 0. The zero-order chi connectivity index (χ0) is 12.4. The number of hydrogen-bond acceptors (Lipinski definition) is 5. The Morgan fingerprint density at radius 2 is 1.88 bits per heavy atom. The summed E-state index contributed by atoms with van der Waals surface area (Å²) in [5.74, 6) is 0.399. The minimum atomic E-state index is 0.110. The number of methoxy groups -OCH3 is 1. The third kappa shape index (κ3) is 1.94. The number of benzene rings is 1. The summed E-state index contributed by atoms with van der Waals surface area (Å²) in [6, 6.07) is 8.37. The quantitative estimate of drug-likeness (QED) is 0.730. The van der Waals surface area contributed by atoms with Crippen LogP contribution in [0.3, 0.4) is 0 Å². The summed E-state index contributed by atoms with van der Waals surface area (Å²) in [4.78, 5) is 4.19. The summed E-state index contributed by atoms with van der Waals surface area (Å²) < 4.78 is 5.03. The predicted molar refractivity (Wildman–Crippen MR) is 66.7 cm³/mol. The summed E-state index contributed by atoms with van der Waals surface area (Å²) in [6.07, 6.45) is 0. The first-order valence-electron chi connectivity index (χ1n) is 5.02. The molecule has 5 N–H and O–H groups in total. The van der Waals surface area contributed by atoms with E-state index in [0.29, 0.717) is 22.6 Å². The van der Waals surface area contributed by atoms with E-state index in [1.54, 1.807) is 30.3 Å². The molecule has 0 saturated carbocycles. The second-order valence-corrected chi connectivity index (χ2v) is 3.54. The van der Waals surface area contributed by atoms with E-state index in [9.17, 15) is 5.11 Å². The maximum atomic E-state index is 9.75. The number of aromatic hydroxyl groups is 1. The molecule has 0 saturated heterocycles. The van der Waals surface area contributed by atoms with Gasteiger partial charge in [0.2, 0.25) is 5.88 Å². The monoisotopic (exact) mass is 231 g/mol. The van der Waals surface area contributed by atoms with Crippen LogP contribution in [-0.2, 0) is 0 Å². The number of nitrogen functional groups attached to an aromatic ring is 2. The van der Waals surface area contributed by atoms with E-state index in [1.165, 1.54) is 7.11 Å². The Kier molecular flexibility index (Phi) is 2.74. The fourth-order valence-corrected chi connectivity index (χ4v) is 1.58. The van der Waals surface area contributed by atoms with Crippen LogP contribution in [0.4, 0.5) is 11.4 Å². The molecule has 0 fully saturated rings. The van der Waals surface area contributed by atoms with Crippen molar-refractivity contribution in [2.45, 2.75) is 0 Å². The van der Waals surface area contributed by atoms with Gasteiger partial charge in [0.15, 0.2) is 0 Å². The molecule has 0 radical (unpaired) electrons. The summed E-state index contributed by atoms with van der Waals surface area (Å²) in [5, 5.41) is 9.75. The van der Waals surface area contributed by atoms with Gasteiger partial charge in [-0.2, -0.15) is 0 Å². The number of anilines is 2. The summed E-state index contributed by atoms with van der Waals surface area (Å²) in [5.41, 5.74) is 13.3. The van der Waals surface area contributed by atoms with Gasteiger partial charge in [0.1, 0.15) is 11.4 Å². The van der Waals surface area contributed by atoms with Crippen LogP contribution >= 0.6 is 0 Å². The highest BCUT2D eigenvalue weighted by Gasteiger charge is 2.12.